The number of amides is 2. The minimum Gasteiger partial charge on any atom is -0.444 e. The Morgan fingerprint density at radius 2 is 1.72 bits per heavy atom. The van der Waals surface area contributed by atoms with Crippen molar-refractivity contribution >= 4 is 12.0 Å². The van der Waals surface area contributed by atoms with Gasteiger partial charge in [0.05, 0.1) is 0 Å². The van der Waals surface area contributed by atoms with Crippen LogP contribution >= 0.6 is 0 Å². The number of nitrogens with one attached hydrogen (secondary N) is 1. The van der Waals surface area contributed by atoms with Crippen molar-refractivity contribution in [1.82, 2.24) is 15.1 Å². The third kappa shape index (κ3) is 5.59. The van der Waals surface area contributed by atoms with Crippen LogP contribution in [0.2, 0.25) is 0 Å². The zero-order valence-electron chi connectivity index (χ0n) is 15.9. The highest BCUT2D eigenvalue weighted by Gasteiger charge is 2.35. The smallest absolute Gasteiger partial charge is 0.410 e. The van der Waals surface area contributed by atoms with Crippen LogP contribution in [0.15, 0.2) is 0 Å². The summed E-state index contributed by atoms with van der Waals surface area (Å²) in [7, 11) is 0. The fourth-order valence-electron chi connectivity index (χ4n) is 3.87. The average molecular weight is 351 g/mol. The largest absolute Gasteiger partial charge is 0.444 e. The van der Waals surface area contributed by atoms with Crippen molar-refractivity contribution in [2.24, 2.45) is 5.92 Å². The van der Waals surface area contributed by atoms with Crippen molar-refractivity contribution in [3.05, 3.63) is 0 Å². The maximum absolute atomic E-state index is 12.3. The van der Waals surface area contributed by atoms with E-state index in [-0.39, 0.29) is 12.0 Å². The molecule has 1 N–H and O–H groups in total. The van der Waals surface area contributed by atoms with Crippen LogP contribution in [0.4, 0.5) is 4.79 Å². The summed E-state index contributed by atoms with van der Waals surface area (Å²) in [5.74, 6) is 0.554. The van der Waals surface area contributed by atoms with Crippen LogP contribution in [0.25, 0.3) is 0 Å². The summed E-state index contributed by atoms with van der Waals surface area (Å²) < 4.78 is 5.42. The van der Waals surface area contributed by atoms with Crippen molar-refractivity contribution < 1.29 is 14.3 Å². The molecular formula is C19H33N3O3. The first-order valence-electron chi connectivity index (χ1n) is 9.81. The number of nitrogens with zero attached hydrogens (tertiary/aromatic N) is 2. The Hall–Kier alpha value is -1.30. The van der Waals surface area contributed by atoms with Gasteiger partial charge in [0.25, 0.3) is 0 Å². The molecule has 0 aromatic carbocycles. The molecule has 2 aliphatic heterocycles. The average Bonchev–Trinajstić information content (AvgIpc) is 3.27. The number of ether oxygens (including phenoxy) is 1. The highest BCUT2D eigenvalue weighted by molar-refractivity contribution is 5.76. The Morgan fingerprint density at radius 3 is 2.32 bits per heavy atom. The molecule has 0 bridgehead atoms. The molecule has 1 saturated carbocycles. The molecule has 25 heavy (non-hydrogen) atoms. The van der Waals surface area contributed by atoms with E-state index in [0.29, 0.717) is 31.5 Å². The molecule has 2 saturated heterocycles. The number of hydrogen-bond acceptors (Lipinski definition) is 4. The third-order valence-electron chi connectivity index (χ3n) is 5.39. The first-order valence-corrected chi connectivity index (χ1v) is 9.81. The van der Waals surface area contributed by atoms with Crippen LogP contribution in [0.3, 0.4) is 0 Å². The topological polar surface area (TPSA) is 61.9 Å². The molecule has 1 aliphatic carbocycles. The molecule has 1 unspecified atom stereocenters. The van der Waals surface area contributed by atoms with E-state index in [4.69, 9.17) is 4.74 Å². The molecule has 0 aromatic heterocycles. The summed E-state index contributed by atoms with van der Waals surface area (Å²) in [6.07, 6.45) is 5.85. The van der Waals surface area contributed by atoms with E-state index in [9.17, 15) is 9.59 Å². The molecule has 0 aromatic rings. The lowest BCUT2D eigenvalue weighted by Gasteiger charge is -2.33. The van der Waals surface area contributed by atoms with Crippen LogP contribution in [-0.4, -0.2) is 65.7 Å². The minimum atomic E-state index is -0.455. The molecule has 0 radical (unpaired) electrons. The van der Waals surface area contributed by atoms with Gasteiger partial charge in [-0.1, -0.05) is 0 Å². The molecule has 6 nitrogen and oxygen atoms in total. The van der Waals surface area contributed by atoms with Gasteiger partial charge in [0.2, 0.25) is 5.91 Å². The van der Waals surface area contributed by atoms with Gasteiger partial charge in [-0.25, -0.2) is 4.79 Å². The van der Waals surface area contributed by atoms with Crippen LogP contribution in [0.5, 0.6) is 0 Å². The first-order chi connectivity index (χ1) is 11.8. The van der Waals surface area contributed by atoms with E-state index in [2.05, 4.69) is 10.2 Å². The number of hydrogen-bond donors (Lipinski definition) is 1. The highest BCUT2D eigenvalue weighted by Crippen LogP contribution is 2.30. The van der Waals surface area contributed by atoms with Gasteiger partial charge in [-0.05, 0) is 58.8 Å². The Balaban J connectivity index is 1.34. The Labute approximate surface area is 151 Å². The van der Waals surface area contributed by atoms with Crippen molar-refractivity contribution in [2.75, 3.05) is 26.2 Å². The lowest BCUT2D eigenvalue weighted by molar-refractivity contribution is -0.122. The highest BCUT2D eigenvalue weighted by atomic mass is 16.6. The zero-order chi connectivity index (χ0) is 18.0. The van der Waals surface area contributed by atoms with E-state index in [1.165, 1.54) is 12.8 Å². The molecule has 142 valence electrons. The van der Waals surface area contributed by atoms with Gasteiger partial charge >= 0.3 is 6.09 Å². The summed E-state index contributed by atoms with van der Waals surface area (Å²) >= 11 is 0. The van der Waals surface area contributed by atoms with Gasteiger partial charge in [0.1, 0.15) is 5.60 Å². The molecule has 3 aliphatic rings. The van der Waals surface area contributed by atoms with E-state index in [1.54, 1.807) is 4.90 Å². The summed E-state index contributed by atoms with van der Waals surface area (Å²) in [5.41, 5.74) is -0.455. The second-order valence-corrected chi connectivity index (χ2v) is 8.89. The first kappa shape index (κ1) is 18.5. The van der Waals surface area contributed by atoms with E-state index >= 15 is 0 Å². The van der Waals surface area contributed by atoms with E-state index in [0.717, 1.165) is 38.4 Å². The SMILES string of the molecule is CC(C)(C)OC(=O)N1CCC(CC(=O)NC2CCN(C3CC3)C2)CC1. The third-order valence-corrected chi connectivity index (χ3v) is 5.39. The van der Waals surface area contributed by atoms with Gasteiger partial charge in [-0.2, -0.15) is 0 Å². The van der Waals surface area contributed by atoms with Crippen molar-refractivity contribution in [3.8, 4) is 0 Å². The monoisotopic (exact) mass is 351 g/mol. The summed E-state index contributed by atoms with van der Waals surface area (Å²) in [6, 6.07) is 1.12. The standard InChI is InChI=1S/C19H33N3O3/c1-19(2,3)25-18(24)21-9-6-14(7-10-21)12-17(23)20-15-8-11-22(13-15)16-4-5-16/h14-16H,4-13H2,1-3H3,(H,20,23). The quantitative estimate of drug-likeness (QED) is 0.845. The second kappa shape index (κ2) is 7.52. The molecular weight excluding hydrogens is 318 g/mol. The summed E-state index contributed by atoms with van der Waals surface area (Å²) in [5, 5.41) is 3.22. The summed E-state index contributed by atoms with van der Waals surface area (Å²) in [4.78, 5) is 28.7. The normalized spacial score (nSPS) is 25.9. The predicted molar refractivity (Wildman–Crippen MR) is 96.3 cm³/mol. The lowest BCUT2D eigenvalue weighted by Crippen LogP contribution is -2.43. The number of rotatable bonds is 4. The molecule has 2 heterocycles. The molecule has 6 heteroatoms. The molecule has 1 atom stereocenters. The lowest BCUT2D eigenvalue weighted by atomic mass is 9.93. The van der Waals surface area contributed by atoms with Crippen molar-refractivity contribution in [2.45, 2.75) is 77.0 Å². The van der Waals surface area contributed by atoms with E-state index < -0.39 is 5.60 Å². The van der Waals surface area contributed by atoms with Crippen LogP contribution in [-0.2, 0) is 9.53 Å². The Morgan fingerprint density at radius 1 is 1.04 bits per heavy atom. The van der Waals surface area contributed by atoms with Crippen LogP contribution in [0, 0.1) is 5.92 Å². The number of carbonyl (C=O) groups is 2. The fourth-order valence-corrected chi connectivity index (χ4v) is 3.87. The Bertz CT molecular complexity index is 491. The zero-order valence-corrected chi connectivity index (χ0v) is 15.9. The number of carbonyl (C=O) groups excluding carboxylic acids is 2. The predicted octanol–water partition coefficient (Wildman–Crippen LogP) is 2.38. The molecule has 3 rings (SSSR count). The van der Waals surface area contributed by atoms with Gasteiger partial charge in [0.15, 0.2) is 0 Å². The van der Waals surface area contributed by atoms with Gasteiger partial charge < -0.3 is 15.0 Å². The fraction of sp³-hybridized carbons (Fsp3) is 0.895. The maximum atomic E-state index is 12.3. The second-order valence-electron chi connectivity index (χ2n) is 8.89. The van der Waals surface area contributed by atoms with Crippen molar-refractivity contribution in [1.29, 1.82) is 0 Å². The van der Waals surface area contributed by atoms with Crippen LogP contribution in [0.1, 0.15) is 59.3 Å². The molecule has 0 spiro atoms. The Kier molecular flexibility index (Phi) is 5.56. The van der Waals surface area contributed by atoms with Crippen molar-refractivity contribution in [3.63, 3.8) is 0 Å². The maximum Gasteiger partial charge on any atom is 0.410 e. The summed E-state index contributed by atoms with van der Waals surface area (Å²) in [6.45, 7) is 9.18. The van der Waals surface area contributed by atoms with Gasteiger partial charge in [-0.3, -0.25) is 9.69 Å². The van der Waals surface area contributed by atoms with E-state index in [1.807, 2.05) is 20.8 Å². The molecule has 3 fully saturated rings. The number of piperidine rings is 1. The van der Waals surface area contributed by atoms with Gasteiger partial charge in [0, 0.05) is 44.7 Å². The van der Waals surface area contributed by atoms with Gasteiger partial charge in [-0.15, -0.1) is 0 Å². The molecule has 2 amide bonds. The minimum absolute atomic E-state index is 0.179. The number of likely N-dealkylation sites (tertiary alicyclic amines) is 2. The van der Waals surface area contributed by atoms with Crippen LogP contribution < -0.4 is 5.32 Å².